The van der Waals surface area contributed by atoms with Gasteiger partial charge in [0.1, 0.15) is 0 Å². The summed E-state index contributed by atoms with van der Waals surface area (Å²) in [6, 6.07) is 0. The first kappa shape index (κ1) is 31.8. The van der Waals surface area contributed by atoms with Gasteiger partial charge in [-0.3, -0.25) is 12.6 Å². The molecule has 0 saturated heterocycles. The zero-order valence-corrected chi connectivity index (χ0v) is 18.9. The number of rotatable bonds is 0. The monoisotopic (exact) mass is 754 g/mol. The largest absolute Gasteiger partial charge is 3.00 e. The van der Waals surface area contributed by atoms with Gasteiger partial charge in [-0.15, -0.1) is 27.2 Å². The molecule has 0 aromatic rings. The molecule has 0 unspecified atom stereocenters. The van der Waals surface area contributed by atoms with Crippen molar-refractivity contribution in [3.63, 3.8) is 0 Å². The molecule has 0 heterocycles. The van der Waals surface area contributed by atoms with Crippen molar-refractivity contribution in [1.29, 1.82) is 0 Å². The van der Waals surface area contributed by atoms with Gasteiger partial charge in [-0.2, -0.15) is 0 Å². The zero-order valence-electron chi connectivity index (χ0n) is 7.02. The quantitative estimate of drug-likeness (QED) is 0.220. The Hall–Kier alpha value is 2.64. The second kappa shape index (κ2) is 13.6. The summed E-state index contributed by atoms with van der Waals surface area (Å²) in [5.41, 5.74) is 0. The first-order valence-corrected chi connectivity index (χ1v) is 9.00. The summed E-state index contributed by atoms with van der Waals surface area (Å²) >= 11 is 9.73. The Morgan fingerprint density at radius 1 is 0.529 bits per heavy atom. The van der Waals surface area contributed by atoms with E-state index < -0.39 is 27.2 Å². The first-order chi connectivity index (χ1) is 6.00. The third-order valence-electron chi connectivity index (χ3n) is 0. The molecule has 4 radical (unpaired) electrons. The van der Waals surface area contributed by atoms with E-state index in [1.807, 2.05) is 0 Å². The molecule has 0 aliphatic carbocycles. The third kappa shape index (κ3) is 742. The van der Waals surface area contributed by atoms with Crippen molar-refractivity contribution in [2.24, 2.45) is 0 Å². The second-order valence-corrected chi connectivity index (χ2v) is 7.35. The fraction of sp³-hybridized carbons (Fsp3) is 0. The minimum absolute atomic E-state index is 0. The van der Waals surface area contributed by atoms with Gasteiger partial charge in [-0.25, -0.2) is 0 Å². The molecule has 0 saturated carbocycles. The summed E-state index contributed by atoms with van der Waals surface area (Å²) in [5, 5.41) is 0. The summed E-state index contributed by atoms with van der Waals surface area (Å²) < 4.78 is 80.0. The van der Waals surface area contributed by atoms with Gasteiger partial charge in [0.25, 0.3) is 0 Å². The molecule has 0 aliphatic rings. The average molecular weight is 754 g/mol. The van der Waals surface area contributed by atoms with Crippen molar-refractivity contribution in [2.75, 3.05) is 0 Å². The molecule has 0 bridgehead atoms. The van der Waals surface area contributed by atoms with Gasteiger partial charge in [0.15, 0.2) is 0 Å². The van der Waals surface area contributed by atoms with Gasteiger partial charge in [-0.1, -0.05) is 0 Å². The molecule has 0 aromatic heterocycles. The average Bonchev–Trinajstić information content (AvgIpc) is 1.41. The van der Waals surface area contributed by atoms with Gasteiger partial charge < -0.3 is 27.3 Å². The summed E-state index contributed by atoms with van der Waals surface area (Å²) in [4.78, 5) is 0. The van der Waals surface area contributed by atoms with E-state index in [2.05, 4.69) is 33.6 Å². The molecule has 0 fully saturated rings. The summed E-state index contributed by atoms with van der Waals surface area (Å²) in [7, 11) is -13.0. The fourth-order valence-corrected chi connectivity index (χ4v) is 0. The van der Waals surface area contributed by atoms with E-state index in [0.29, 0.717) is 0 Å². The Labute approximate surface area is 151 Å². The van der Waals surface area contributed by atoms with Crippen LogP contribution in [0.5, 0.6) is 0 Å². The van der Waals surface area contributed by atoms with E-state index in [1.165, 1.54) is 0 Å². The van der Waals surface area contributed by atoms with Crippen molar-refractivity contribution < 1.29 is 39.9 Å². The third-order valence-corrected chi connectivity index (χ3v) is 0. The zero-order chi connectivity index (χ0) is 13.5. The maximum absolute atomic E-state index is 8.89. The van der Waals surface area contributed by atoms with E-state index in [9.17, 15) is 0 Å². The van der Waals surface area contributed by atoms with Crippen molar-refractivity contribution in [3.8, 4) is 0 Å². The van der Waals surface area contributed by atoms with Crippen LogP contribution in [-0.4, -0.2) is 92.4 Å². The normalized spacial score (nSPS) is 10.2. The molecule has 17 heavy (non-hydrogen) atoms. The smallest absolute Gasteiger partial charge is 0.780 e. The van der Waals surface area contributed by atoms with Crippen LogP contribution in [0.2, 0.25) is 0 Å². The molecule has 0 aromatic carbocycles. The van der Waals surface area contributed by atoms with Crippen LogP contribution in [0.3, 0.4) is 0 Å². The molecular formula is Bi2O9S6. The molecule has 9 nitrogen and oxygen atoms in total. The molecular weight excluding hydrogens is 754 g/mol. The Bertz CT molecular complexity index is 344. The van der Waals surface area contributed by atoms with E-state index in [-0.39, 0.29) is 52.4 Å². The van der Waals surface area contributed by atoms with Crippen LogP contribution in [-0.2, 0) is 60.7 Å². The minimum Gasteiger partial charge on any atom is -0.780 e. The van der Waals surface area contributed by atoms with E-state index in [1.54, 1.807) is 0 Å². The Morgan fingerprint density at radius 2 is 0.529 bits per heavy atom. The van der Waals surface area contributed by atoms with Gasteiger partial charge in [0.05, 0.1) is 0 Å². The van der Waals surface area contributed by atoms with Gasteiger partial charge in [-0.05, 0) is 33.6 Å². The predicted octanol–water partition coefficient (Wildman–Crippen LogP) is -3.78. The Balaban J connectivity index is -0.0000000400. The molecule has 0 rings (SSSR count). The van der Waals surface area contributed by atoms with Crippen LogP contribution in [0.15, 0.2) is 0 Å². The van der Waals surface area contributed by atoms with Crippen molar-refractivity contribution >= 4 is 113 Å². The van der Waals surface area contributed by atoms with Crippen LogP contribution in [0.1, 0.15) is 0 Å². The predicted molar refractivity (Wildman–Crippen MR) is 62.7 cm³/mol. The van der Waals surface area contributed by atoms with Crippen molar-refractivity contribution in [1.82, 2.24) is 0 Å². The van der Waals surface area contributed by atoms with Crippen LogP contribution < -0.4 is 0 Å². The van der Waals surface area contributed by atoms with Gasteiger partial charge in [0.2, 0.25) is 0 Å². The Kier molecular flexibility index (Phi) is 25.5. The SMILES string of the molecule is O=S([O-])([O-])=S.O=S([O-])([O-])=S.O=S([O-])([O-])=S.[Bi+3].[Bi+3]. The fourth-order valence-electron chi connectivity index (χ4n) is 0. The summed E-state index contributed by atoms with van der Waals surface area (Å²) in [5.74, 6) is 0. The minimum atomic E-state index is -4.33. The molecule has 17 heteroatoms. The maximum atomic E-state index is 8.89. The Morgan fingerprint density at radius 3 is 0.529 bits per heavy atom. The van der Waals surface area contributed by atoms with E-state index >= 15 is 0 Å². The second-order valence-electron chi connectivity index (χ2n) is 1.22. The summed E-state index contributed by atoms with van der Waals surface area (Å²) in [6.45, 7) is 0. The molecule has 0 N–H and O–H groups in total. The standard InChI is InChI=1S/2Bi.3H2O3S2/c;;3*1-5(2,3)4/h;;3*(H2,1,2,3,4)/q2*+3;;;/p-6. The van der Waals surface area contributed by atoms with Crippen LogP contribution in [0.25, 0.3) is 0 Å². The van der Waals surface area contributed by atoms with Crippen LogP contribution in [0.4, 0.5) is 0 Å². The molecule has 0 amide bonds. The summed E-state index contributed by atoms with van der Waals surface area (Å²) in [6.07, 6.45) is 0. The van der Waals surface area contributed by atoms with Crippen LogP contribution >= 0.6 is 0 Å². The maximum Gasteiger partial charge on any atom is 3.00 e. The van der Waals surface area contributed by atoms with Crippen molar-refractivity contribution in [2.45, 2.75) is 0 Å². The van der Waals surface area contributed by atoms with Crippen LogP contribution in [0, 0.1) is 0 Å². The number of hydrogen-bond acceptors (Lipinski definition) is 12. The van der Waals surface area contributed by atoms with E-state index in [0.717, 1.165) is 0 Å². The topological polar surface area (TPSA) is 190 Å². The van der Waals surface area contributed by atoms with Crippen molar-refractivity contribution in [3.05, 3.63) is 0 Å². The van der Waals surface area contributed by atoms with Gasteiger partial charge >= 0.3 is 52.4 Å². The number of hydrogen-bond donors (Lipinski definition) is 0. The van der Waals surface area contributed by atoms with E-state index in [4.69, 9.17) is 39.9 Å². The molecule has 0 aliphatic heterocycles. The molecule has 100 valence electrons. The first-order valence-electron chi connectivity index (χ1n) is 2.00. The molecule has 0 spiro atoms. The van der Waals surface area contributed by atoms with Gasteiger partial charge in [0, 0.05) is 0 Å². The molecule has 0 atom stereocenters.